The molecular weight excluding hydrogens is 195 g/mol. The third-order valence-corrected chi connectivity index (χ3v) is 2.95. The van der Waals surface area contributed by atoms with Gasteiger partial charge in [-0.25, -0.2) is 4.39 Å². The van der Waals surface area contributed by atoms with Crippen LogP contribution in [0.5, 0.6) is 0 Å². The van der Waals surface area contributed by atoms with Gasteiger partial charge in [-0.15, -0.1) is 0 Å². The molecule has 2 N–H and O–H groups in total. The van der Waals surface area contributed by atoms with E-state index in [0.29, 0.717) is 18.6 Å². The second-order valence-corrected chi connectivity index (χ2v) is 3.91. The van der Waals surface area contributed by atoms with Crippen LogP contribution in [0.3, 0.4) is 0 Å². The van der Waals surface area contributed by atoms with E-state index in [0.717, 1.165) is 6.42 Å². The predicted molar refractivity (Wildman–Crippen MR) is 55.5 cm³/mol. The molecule has 4 heteroatoms. The molecule has 1 rings (SSSR count). The van der Waals surface area contributed by atoms with Gasteiger partial charge in [0.2, 0.25) is 0 Å². The maximum atomic E-state index is 13.9. The van der Waals surface area contributed by atoms with Gasteiger partial charge >= 0.3 is 0 Å². The molecule has 0 aromatic heterocycles. The van der Waals surface area contributed by atoms with Crippen molar-refractivity contribution < 1.29 is 9.13 Å². The molecule has 1 fully saturated rings. The van der Waals surface area contributed by atoms with Crippen LogP contribution in [0.2, 0.25) is 0 Å². The van der Waals surface area contributed by atoms with Crippen molar-refractivity contribution >= 4 is 0 Å². The van der Waals surface area contributed by atoms with Gasteiger partial charge in [-0.3, -0.25) is 0 Å². The number of rotatable bonds is 3. The van der Waals surface area contributed by atoms with Crippen molar-refractivity contribution in [1.82, 2.24) is 0 Å². The maximum Gasteiger partial charge on any atom is 0.168 e. The van der Waals surface area contributed by atoms with Crippen molar-refractivity contribution in [3.63, 3.8) is 0 Å². The SMILES string of the molecule is CCC(C)C(N)C(F)=C1CCOC1C#N. The largest absolute Gasteiger partial charge is 0.358 e. The van der Waals surface area contributed by atoms with Crippen LogP contribution in [0.1, 0.15) is 26.7 Å². The summed E-state index contributed by atoms with van der Waals surface area (Å²) in [6.45, 7) is 4.28. The second kappa shape index (κ2) is 5.24. The summed E-state index contributed by atoms with van der Waals surface area (Å²) in [5.41, 5.74) is 6.21. The van der Waals surface area contributed by atoms with Crippen molar-refractivity contribution in [2.45, 2.75) is 38.8 Å². The Labute approximate surface area is 89.7 Å². The highest BCUT2D eigenvalue weighted by Crippen LogP contribution is 2.27. The van der Waals surface area contributed by atoms with Crippen molar-refractivity contribution in [3.8, 4) is 6.07 Å². The Kier molecular flexibility index (Phi) is 4.25. The smallest absolute Gasteiger partial charge is 0.168 e. The van der Waals surface area contributed by atoms with Crippen LogP contribution in [0.4, 0.5) is 4.39 Å². The summed E-state index contributed by atoms with van der Waals surface area (Å²) in [6, 6.07) is 1.32. The lowest BCUT2D eigenvalue weighted by Gasteiger charge is -2.18. The molecule has 0 radical (unpaired) electrons. The molecule has 1 saturated heterocycles. The number of hydrogen-bond acceptors (Lipinski definition) is 3. The molecule has 1 aliphatic heterocycles. The molecule has 1 heterocycles. The molecule has 84 valence electrons. The Hall–Kier alpha value is -0.920. The number of nitrogens with zero attached hydrogens (tertiary/aromatic N) is 1. The highest BCUT2D eigenvalue weighted by Gasteiger charge is 2.29. The van der Waals surface area contributed by atoms with Crippen LogP contribution in [-0.4, -0.2) is 18.8 Å². The average molecular weight is 212 g/mol. The fourth-order valence-electron chi connectivity index (χ4n) is 1.60. The first-order chi connectivity index (χ1) is 7.11. The van der Waals surface area contributed by atoms with E-state index in [-0.39, 0.29) is 11.7 Å². The van der Waals surface area contributed by atoms with Gasteiger partial charge in [0.05, 0.1) is 18.7 Å². The molecule has 0 amide bonds. The molecule has 3 unspecified atom stereocenters. The number of halogens is 1. The number of ether oxygens (including phenoxy) is 1. The molecule has 3 atom stereocenters. The zero-order chi connectivity index (χ0) is 11.4. The third kappa shape index (κ3) is 2.55. The normalized spacial score (nSPS) is 28.3. The van der Waals surface area contributed by atoms with Crippen molar-refractivity contribution in [1.29, 1.82) is 5.26 Å². The summed E-state index contributed by atoms with van der Waals surface area (Å²) in [4.78, 5) is 0. The first kappa shape index (κ1) is 12.2. The fraction of sp³-hybridized carbons (Fsp3) is 0.727. The lowest BCUT2D eigenvalue weighted by Crippen LogP contribution is -2.30. The minimum atomic E-state index is -0.736. The molecule has 0 saturated carbocycles. The monoisotopic (exact) mass is 212 g/mol. The van der Waals surface area contributed by atoms with Gasteiger partial charge in [-0.2, -0.15) is 5.26 Å². The summed E-state index contributed by atoms with van der Waals surface area (Å²) >= 11 is 0. The van der Waals surface area contributed by atoms with E-state index in [1.807, 2.05) is 19.9 Å². The summed E-state index contributed by atoms with van der Waals surface area (Å²) in [5.74, 6) is -0.272. The molecule has 3 nitrogen and oxygen atoms in total. The number of hydrogen-bond donors (Lipinski definition) is 1. The van der Waals surface area contributed by atoms with Gasteiger partial charge in [0.1, 0.15) is 5.83 Å². The Morgan fingerprint density at radius 1 is 1.80 bits per heavy atom. The molecule has 0 spiro atoms. The summed E-state index contributed by atoms with van der Waals surface area (Å²) in [7, 11) is 0. The standard InChI is InChI=1S/C11H17FN2O/c1-3-7(2)11(14)10(12)8-4-5-15-9(8)6-13/h7,9,11H,3-5,14H2,1-2H3. The summed E-state index contributed by atoms with van der Waals surface area (Å²) < 4.78 is 19.0. The molecule has 0 aromatic rings. The van der Waals surface area contributed by atoms with Crippen molar-refractivity contribution in [2.75, 3.05) is 6.61 Å². The Morgan fingerprint density at radius 2 is 2.47 bits per heavy atom. The Bertz CT molecular complexity index is 295. The molecular formula is C11H17FN2O. The van der Waals surface area contributed by atoms with E-state index in [1.165, 1.54) is 0 Å². The lowest BCUT2D eigenvalue weighted by molar-refractivity contribution is 0.159. The van der Waals surface area contributed by atoms with E-state index in [2.05, 4.69) is 0 Å². The van der Waals surface area contributed by atoms with Gasteiger partial charge in [0, 0.05) is 5.57 Å². The molecule has 1 aliphatic rings. The fourth-order valence-corrected chi connectivity index (χ4v) is 1.60. The van der Waals surface area contributed by atoms with E-state index in [1.54, 1.807) is 0 Å². The summed E-state index contributed by atoms with van der Waals surface area (Å²) in [5, 5.41) is 8.75. The molecule has 0 bridgehead atoms. The number of nitriles is 1. The second-order valence-electron chi connectivity index (χ2n) is 3.91. The van der Waals surface area contributed by atoms with Crippen LogP contribution in [0.15, 0.2) is 11.4 Å². The van der Waals surface area contributed by atoms with Gasteiger partial charge < -0.3 is 10.5 Å². The minimum Gasteiger partial charge on any atom is -0.358 e. The zero-order valence-electron chi connectivity index (χ0n) is 9.16. The molecule has 0 aromatic carbocycles. The quantitative estimate of drug-likeness (QED) is 0.777. The third-order valence-electron chi connectivity index (χ3n) is 2.95. The van der Waals surface area contributed by atoms with Gasteiger partial charge in [0.25, 0.3) is 0 Å². The average Bonchev–Trinajstić information content (AvgIpc) is 2.73. The zero-order valence-corrected chi connectivity index (χ0v) is 9.16. The van der Waals surface area contributed by atoms with Crippen LogP contribution < -0.4 is 5.73 Å². The van der Waals surface area contributed by atoms with Crippen molar-refractivity contribution in [3.05, 3.63) is 11.4 Å². The molecule has 15 heavy (non-hydrogen) atoms. The maximum absolute atomic E-state index is 13.9. The van der Waals surface area contributed by atoms with E-state index < -0.39 is 12.1 Å². The van der Waals surface area contributed by atoms with Crippen LogP contribution in [-0.2, 0) is 4.74 Å². The van der Waals surface area contributed by atoms with Gasteiger partial charge in [-0.1, -0.05) is 20.3 Å². The predicted octanol–water partition coefficient (Wildman–Crippen LogP) is 1.90. The van der Waals surface area contributed by atoms with E-state index >= 15 is 0 Å². The first-order valence-electron chi connectivity index (χ1n) is 5.27. The van der Waals surface area contributed by atoms with Gasteiger partial charge in [-0.05, 0) is 12.3 Å². The number of nitrogens with two attached hydrogens (primary N) is 1. The highest BCUT2D eigenvalue weighted by atomic mass is 19.1. The van der Waals surface area contributed by atoms with E-state index in [9.17, 15) is 4.39 Å². The topological polar surface area (TPSA) is 59.0 Å². The highest BCUT2D eigenvalue weighted by molar-refractivity contribution is 5.26. The van der Waals surface area contributed by atoms with Crippen LogP contribution in [0, 0.1) is 17.2 Å². The van der Waals surface area contributed by atoms with Crippen LogP contribution in [0.25, 0.3) is 0 Å². The van der Waals surface area contributed by atoms with E-state index in [4.69, 9.17) is 15.7 Å². The van der Waals surface area contributed by atoms with Gasteiger partial charge in [0.15, 0.2) is 6.10 Å². The minimum absolute atomic E-state index is 0.0810. The Balaban J connectivity index is 2.85. The lowest BCUT2D eigenvalue weighted by atomic mass is 9.95. The molecule has 0 aliphatic carbocycles. The van der Waals surface area contributed by atoms with Crippen LogP contribution >= 0.6 is 0 Å². The Morgan fingerprint density at radius 3 is 3.00 bits per heavy atom. The summed E-state index contributed by atoms with van der Waals surface area (Å²) in [6.07, 6.45) is 0.564. The van der Waals surface area contributed by atoms with Crippen molar-refractivity contribution in [2.24, 2.45) is 11.7 Å². The first-order valence-corrected chi connectivity index (χ1v) is 5.27.